The van der Waals surface area contributed by atoms with Gasteiger partial charge in [-0.15, -0.1) is 0 Å². The van der Waals surface area contributed by atoms with E-state index in [9.17, 15) is 0 Å². The third kappa shape index (κ3) is 5.09. The molecule has 0 aromatic rings. The summed E-state index contributed by atoms with van der Waals surface area (Å²) in [6, 6.07) is 0. The quantitative estimate of drug-likeness (QED) is 0.272. The van der Waals surface area contributed by atoms with Gasteiger partial charge in [-0.2, -0.15) is 0 Å². The predicted molar refractivity (Wildman–Crippen MR) is 50.0 cm³/mol. The van der Waals surface area contributed by atoms with Crippen molar-refractivity contribution in [3.05, 3.63) is 0 Å². The van der Waals surface area contributed by atoms with E-state index in [2.05, 4.69) is 0 Å². The lowest BCUT2D eigenvalue weighted by atomic mass is 10.2. The third-order valence-electron chi connectivity index (χ3n) is 1.77. The van der Waals surface area contributed by atoms with Crippen molar-refractivity contribution in [1.82, 2.24) is 5.06 Å². The van der Waals surface area contributed by atoms with Crippen LogP contribution in [0.25, 0.3) is 0 Å². The Morgan fingerprint density at radius 2 is 2.08 bits per heavy atom. The highest BCUT2D eigenvalue weighted by molar-refractivity contribution is 5.77. The largest absolute Gasteiger partial charge is 0.330 e. The number of hydrogen-bond donors (Lipinski definition) is 2. The molecule has 3 N–H and O–H groups in total. The molecule has 72 valence electrons. The fraction of sp³-hybridized carbons (Fsp3) is 0.875. The zero-order chi connectivity index (χ0) is 9.40. The summed E-state index contributed by atoms with van der Waals surface area (Å²) in [7, 11) is 3.31. The fourth-order valence-corrected chi connectivity index (χ4v) is 0.881. The standard InChI is InChI=1S/C8H19N3O/c1-11(12-2)8(10)6-4-3-5-7-9/h10H,3-7,9H2,1-2H3. The summed E-state index contributed by atoms with van der Waals surface area (Å²) >= 11 is 0. The van der Waals surface area contributed by atoms with Gasteiger partial charge in [0.1, 0.15) is 5.84 Å². The molecule has 0 aromatic heterocycles. The summed E-state index contributed by atoms with van der Waals surface area (Å²) < 4.78 is 0. The Hall–Kier alpha value is -0.610. The Morgan fingerprint density at radius 1 is 1.42 bits per heavy atom. The van der Waals surface area contributed by atoms with Crippen LogP contribution in [0.3, 0.4) is 0 Å². The van der Waals surface area contributed by atoms with Crippen LogP contribution in [0.2, 0.25) is 0 Å². The molecule has 0 amide bonds. The van der Waals surface area contributed by atoms with Crippen LogP contribution in [-0.4, -0.2) is 31.6 Å². The van der Waals surface area contributed by atoms with E-state index < -0.39 is 0 Å². The second-order valence-corrected chi connectivity index (χ2v) is 2.73. The molecule has 0 aliphatic heterocycles. The van der Waals surface area contributed by atoms with E-state index in [1.165, 1.54) is 5.06 Å². The van der Waals surface area contributed by atoms with Gasteiger partial charge in [0.05, 0.1) is 7.11 Å². The van der Waals surface area contributed by atoms with Gasteiger partial charge >= 0.3 is 0 Å². The molecule has 0 bridgehead atoms. The second-order valence-electron chi connectivity index (χ2n) is 2.73. The summed E-state index contributed by atoms with van der Waals surface area (Å²) in [6.07, 6.45) is 3.93. The summed E-state index contributed by atoms with van der Waals surface area (Å²) in [5.74, 6) is 0.523. The first-order chi connectivity index (χ1) is 5.72. The molecule has 0 atom stereocenters. The van der Waals surface area contributed by atoms with Crippen LogP contribution < -0.4 is 5.73 Å². The Labute approximate surface area is 74.1 Å². The molecule has 0 fully saturated rings. The van der Waals surface area contributed by atoms with Crippen molar-refractivity contribution in [3.8, 4) is 0 Å². The van der Waals surface area contributed by atoms with Gasteiger partial charge in [-0.25, -0.2) is 5.06 Å². The van der Waals surface area contributed by atoms with E-state index in [4.69, 9.17) is 16.0 Å². The monoisotopic (exact) mass is 173 g/mol. The summed E-state index contributed by atoms with van der Waals surface area (Å²) in [5, 5.41) is 8.97. The van der Waals surface area contributed by atoms with E-state index in [0.717, 1.165) is 32.2 Å². The number of unbranched alkanes of at least 4 members (excludes halogenated alkanes) is 2. The van der Waals surface area contributed by atoms with Gasteiger partial charge in [0.15, 0.2) is 0 Å². The zero-order valence-electron chi connectivity index (χ0n) is 7.97. The van der Waals surface area contributed by atoms with Gasteiger partial charge in [0.2, 0.25) is 0 Å². The van der Waals surface area contributed by atoms with E-state index in [1.807, 2.05) is 0 Å². The minimum atomic E-state index is 0.523. The van der Waals surface area contributed by atoms with Gasteiger partial charge < -0.3 is 5.73 Å². The summed E-state index contributed by atoms with van der Waals surface area (Å²) in [5.41, 5.74) is 5.34. The maximum absolute atomic E-state index is 7.50. The van der Waals surface area contributed by atoms with Crippen molar-refractivity contribution in [1.29, 1.82) is 5.41 Å². The molecule has 0 spiro atoms. The highest BCUT2D eigenvalue weighted by Gasteiger charge is 2.01. The molecule has 0 unspecified atom stereocenters. The SMILES string of the molecule is CON(C)C(=N)CCCCCN. The molecule has 0 aliphatic carbocycles. The average Bonchev–Trinajstić information content (AvgIpc) is 2.10. The van der Waals surface area contributed by atoms with Gasteiger partial charge in [-0.1, -0.05) is 6.42 Å². The van der Waals surface area contributed by atoms with Crippen LogP contribution in [0.1, 0.15) is 25.7 Å². The summed E-state index contributed by atoms with van der Waals surface area (Å²) in [6.45, 7) is 0.744. The van der Waals surface area contributed by atoms with Crippen molar-refractivity contribution in [3.63, 3.8) is 0 Å². The van der Waals surface area contributed by atoms with Crippen molar-refractivity contribution >= 4 is 5.84 Å². The molecule has 0 rings (SSSR count). The third-order valence-corrected chi connectivity index (χ3v) is 1.77. The van der Waals surface area contributed by atoms with E-state index in [-0.39, 0.29) is 0 Å². The van der Waals surface area contributed by atoms with Crippen LogP contribution >= 0.6 is 0 Å². The fourth-order valence-electron chi connectivity index (χ4n) is 0.881. The number of nitrogens with one attached hydrogen (secondary N) is 1. The number of hydroxylamine groups is 2. The first-order valence-corrected chi connectivity index (χ1v) is 4.27. The number of amidine groups is 1. The van der Waals surface area contributed by atoms with Crippen LogP contribution in [-0.2, 0) is 4.84 Å². The molecule has 0 saturated heterocycles. The molecule has 0 saturated carbocycles. The van der Waals surface area contributed by atoms with Crippen molar-refractivity contribution < 1.29 is 4.84 Å². The molecular weight excluding hydrogens is 154 g/mol. The van der Waals surface area contributed by atoms with Gasteiger partial charge in [0.25, 0.3) is 0 Å². The maximum atomic E-state index is 7.50. The topological polar surface area (TPSA) is 62.3 Å². The van der Waals surface area contributed by atoms with Crippen molar-refractivity contribution in [2.75, 3.05) is 20.7 Å². The number of nitrogens with two attached hydrogens (primary N) is 1. The zero-order valence-corrected chi connectivity index (χ0v) is 7.97. The van der Waals surface area contributed by atoms with E-state index >= 15 is 0 Å². The first kappa shape index (κ1) is 11.4. The van der Waals surface area contributed by atoms with Gasteiger partial charge in [-0.05, 0) is 19.4 Å². The second kappa shape index (κ2) is 7.06. The van der Waals surface area contributed by atoms with Crippen molar-refractivity contribution in [2.45, 2.75) is 25.7 Å². The highest BCUT2D eigenvalue weighted by Crippen LogP contribution is 2.01. The number of rotatable bonds is 6. The Kier molecular flexibility index (Phi) is 6.70. The molecule has 4 nitrogen and oxygen atoms in total. The first-order valence-electron chi connectivity index (χ1n) is 4.27. The van der Waals surface area contributed by atoms with Gasteiger partial charge in [0, 0.05) is 13.5 Å². The maximum Gasteiger partial charge on any atom is 0.120 e. The van der Waals surface area contributed by atoms with E-state index in [0.29, 0.717) is 5.84 Å². The van der Waals surface area contributed by atoms with Crippen LogP contribution in [0, 0.1) is 5.41 Å². The van der Waals surface area contributed by atoms with Crippen LogP contribution in [0.5, 0.6) is 0 Å². The smallest absolute Gasteiger partial charge is 0.120 e. The Morgan fingerprint density at radius 3 is 2.58 bits per heavy atom. The molecule has 0 aromatic carbocycles. The lowest BCUT2D eigenvalue weighted by Crippen LogP contribution is -2.24. The molecule has 0 aliphatic rings. The van der Waals surface area contributed by atoms with Crippen LogP contribution in [0.15, 0.2) is 0 Å². The Balaban J connectivity index is 3.31. The minimum absolute atomic E-state index is 0.523. The molecule has 4 heteroatoms. The number of nitrogens with zero attached hydrogens (tertiary/aromatic N) is 1. The molecule has 12 heavy (non-hydrogen) atoms. The van der Waals surface area contributed by atoms with E-state index in [1.54, 1.807) is 14.2 Å². The highest BCUT2D eigenvalue weighted by atomic mass is 16.7. The molecular formula is C8H19N3O. The molecule has 0 heterocycles. The summed E-state index contributed by atoms with van der Waals surface area (Å²) in [4.78, 5) is 4.85. The normalized spacial score (nSPS) is 9.92. The Bertz CT molecular complexity index is 127. The predicted octanol–water partition coefficient (Wildman–Crippen LogP) is 0.976. The lowest BCUT2D eigenvalue weighted by molar-refractivity contribution is -0.0446. The molecule has 0 radical (unpaired) electrons. The average molecular weight is 173 g/mol. The lowest BCUT2D eigenvalue weighted by Gasteiger charge is -2.16. The van der Waals surface area contributed by atoms with Gasteiger partial charge in [-0.3, -0.25) is 10.2 Å². The number of hydrogen-bond acceptors (Lipinski definition) is 3. The van der Waals surface area contributed by atoms with Crippen molar-refractivity contribution in [2.24, 2.45) is 5.73 Å². The van der Waals surface area contributed by atoms with Crippen LogP contribution in [0.4, 0.5) is 0 Å². The minimum Gasteiger partial charge on any atom is -0.330 e.